The number of ether oxygens (including phenoxy) is 2. The standard InChI is InChI=1S/C18H25FN2O6S/c1-3-4-13(2)20-17(22)12-27-18(23)15-11-14(5-6-16(15)19)28(24,25)21-7-9-26-10-8-21/h5-6,11,13H,3-4,7-10,12H2,1-2H3,(H,20,22)/t13-/m0/s1. The molecular formula is C18H25FN2O6S. The van der Waals surface area contributed by atoms with E-state index in [1.165, 1.54) is 4.31 Å². The molecule has 0 aromatic heterocycles. The molecule has 28 heavy (non-hydrogen) atoms. The Kier molecular flexibility index (Phi) is 7.90. The number of amides is 1. The quantitative estimate of drug-likeness (QED) is 0.641. The highest BCUT2D eigenvalue weighted by molar-refractivity contribution is 7.89. The van der Waals surface area contributed by atoms with Crippen LogP contribution in [0.3, 0.4) is 0 Å². The lowest BCUT2D eigenvalue weighted by Gasteiger charge is -2.26. The Bertz CT molecular complexity index is 808. The van der Waals surface area contributed by atoms with Gasteiger partial charge < -0.3 is 14.8 Å². The van der Waals surface area contributed by atoms with Gasteiger partial charge in [0.2, 0.25) is 10.0 Å². The lowest BCUT2D eigenvalue weighted by atomic mass is 10.2. The van der Waals surface area contributed by atoms with E-state index in [-0.39, 0.29) is 37.2 Å². The zero-order valence-electron chi connectivity index (χ0n) is 15.9. The first-order valence-electron chi connectivity index (χ1n) is 9.09. The summed E-state index contributed by atoms with van der Waals surface area (Å²) in [6, 6.07) is 2.85. The number of carbonyl (C=O) groups excluding carboxylic acids is 2. The Balaban J connectivity index is 2.08. The highest BCUT2D eigenvalue weighted by Gasteiger charge is 2.28. The minimum atomic E-state index is -3.89. The fourth-order valence-electron chi connectivity index (χ4n) is 2.79. The van der Waals surface area contributed by atoms with Crippen molar-refractivity contribution in [1.29, 1.82) is 0 Å². The molecule has 1 amide bonds. The fraction of sp³-hybridized carbons (Fsp3) is 0.556. The van der Waals surface area contributed by atoms with Gasteiger partial charge in [-0.2, -0.15) is 4.31 Å². The Hall–Kier alpha value is -2.04. The van der Waals surface area contributed by atoms with Gasteiger partial charge in [0.15, 0.2) is 6.61 Å². The summed E-state index contributed by atoms with van der Waals surface area (Å²) in [5.41, 5.74) is -0.538. The lowest BCUT2D eigenvalue weighted by molar-refractivity contribution is -0.124. The number of benzene rings is 1. The van der Waals surface area contributed by atoms with Crippen molar-refractivity contribution < 1.29 is 31.9 Å². The molecule has 1 aliphatic rings. The van der Waals surface area contributed by atoms with Gasteiger partial charge in [0.05, 0.1) is 23.7 Å². The van der Waals surface area contributed by atoms with Crippen molar-refractivity contribution in [3.63, 3.8) is 0 Å². The van der Waals surface area contributed by atoms with Crippen LogP contribution < -0.4 is 5.32 Å². The Labute approximate surface area is 164 Å². The molecule has 10 heteroatoms. The number of morpholine rings is 1. The van der Waals surface area contributed by atoms with Gasteiger partial charge in [-0.1, -0.05) is 13.3 Å². The minimum absolute atomic E-state index is 0.0741. The van der Waals surface area contributed by atoms with Gasteiger partial charge in [0.1, 0.15) is 5.82 Å². The third-order valence-corrected chi connectivity index (χ3v) is 6.12. The molecule has 0 radical (unpaired) electrons. The number of esters is 1. The number of halogens is 1. The van der Waals surface area contributed by atoms with Crippen molar-refractivity contribution in [3.05, 3.63) is 29.6 Å². The lowest BCUT2D eigenvalue weighted by Crippen LogP contribution is -2.40. The Morgan fingerprint density at radius 1 is 1.32 bits per heavy atom. The van der Waals surface area contributed by atoms with Crippen molar-refractivity contribution in [2.45, 2.75) is 37.6 Å². The van der Waals surface area contributed by atoms with Gasteiger partial charge in [0.25, 0.3) is 5.91 Å². The second-order valence-electron chi connectivity index (χ2n) is 6.49. The molecule has 0 unspecified atom stereocenters. The van der Waals surface area contributed by atoms with Gasteiger partial charge in [-0.3, -0.25) is 4.79 Å². The van der Waals surface area contributed by atoms with Crippen molar-refractivity contribution >= 4 is 21.9 Å². The first-order chi connectivity index (χ1) is 13.3. The summed E-state index contributed by atoms with van der Waals surface area (Å²) >= 11 is 0. The van der Waals surface area contributed by atoms with E-state index < -0.39 is 39.9 Å². The van der Waals surface area contributed by atoms with E-state index in [0.29, 0.717) is 0 Å². The maximum absolute atomic E-state index is 14.1. The summed E-state index contributed by atoms with van der Waals surface area (Å²) in [6.07, 6.45) is 1.66. The van der Waals surface area contributed by atoms with Crippen molar-refractivity contribution in [2.75, 3.05) is 32.9 Å². The van der Waals surface area contributed by atoms with Crippen LogP contribution in [0.15, 0.2) is 23.1 Å². The van der Waals surface area contributed by atoms with E-state index in [1.807, 2.05) is 13.8 Å². The van der Waals surface area contributed by atoms with E-state index in [0.717, 1.165) is 31.0 Å². The zero-order chi connectivity index (χ0) is 20.7. The summed E-state index contributed by atoms with van der Waals surface area (Å²) in [4.78, 5) is 23.7. The maximum atomic E-state index is 14.1. The number of hydrogen-bond donors (Lipinski definition) is 1. The number of nitrogens with one attached hydrogen (secondary N) is 1. The summed E-state index contributed by atoms with van der Waals surface area (Å²) < 4.78 is 50.5. The molecule has 2 rings (SSSR count). The van der Waals surface area contributed by atoms with E-state index >= 15 is 0 Å². The molecule has 1 aromatic carbocycles. The molecule has 1 N–H and O–H groups in total. The molecule has 0 spiro atoms. The normalized spacial score (nSPS) is 16.4. The maximum Gasteiger partial charge on any atom is 0.341 e. The van der Waals surface area contributed by atoms with Crippen LogP contribution in [0, 0.1) is 5.82 Å². The van der Waals surface area contributed by atoms with Crippen LogP contribution in [-0.4, -0.2) is 63.6 Å². The topological polar surface area (TPSA) is 102 Å². The predicted molar refractivity (Wildman–Crippen MR) is 98.8 cm³/mol. The molecule has 1 fully saturated rings. The second kappa shape index (κ2) is 9.94. The predicted octanol–water partition coefficient (Wildman–Crippen LogP) is 1.31. The Morgan fingerprint density at radius 3 is 2.64 bits per heavy atom. The van der Waals surface area contributed by atoms with E-state index in [1.54, 1.807) is 0 Å². The number of rotatable bonds is 8. The van der Waals surface area contributed by atoms with Crippen LogP contribution in [0.2, 0.25) is 0 Å². The van der Waals surface area contributed by atoms with Gasteiger partial charge in [-0.25, -0.2) is 17.6 Å². The molecule has 0 bridgehead atoms. The van der Waals surface area contributed by atoms with E-state index in [4.69, 9.17) is 9.47 Å². The molecule has 8 nitrogen and oxygen atoms in total. The highest BCUT2D eigenvalue weighted by atomic mass is 32.2. The molecule has 1 heterocycles. The second-order valence-corrected chi connectivity index (χ2v) is 8.43. The Morgan fingerprint density at radius 2 is 2.00 bits per heavy atom. The number of nitrogens with zero attached hydrogens (tertiary/aromatic N) is 1. The van der Waals surface area contributed by atoms with Gasteiger partial charge in [0, 0.05) is 19.1 Å². The molecule has 1 aromatic rings. The zero-order valence-corrected chi connectivity index (χ0v) is 16.8. The highest BCUT2D eigenvalue weighted by Crippen LogP contribution is 2.20. The van der Waals surface area contributed by atoms with Crippen LogP contribution in [0.5, 0.6) is 0 Å². The van der Waals surface area contributed by atoms with Crippen LogP contribution >= 0.6 is 0 Å². The van der Waals surface area contributed by atoms with Crippen LogP contribution in [0.25, 0.3) is 0 Å². The first kappa shape index (κ1) is 22.3. The number of hydrogen-bond acceptors (Lipinski definition) is 6. The molecule has 0 saturated carbocycles. The number of sulfonamides is 1. The van der Waals surface area contributed by atoms with Gasteiger partial charge >= 0.3 is 5.97 Å². The van der Waals surface area contributed by atoms with E-state index in [2.05, 4.69) is 5.32 Å². The third kappa shape index (κ3) is 5.73. The molecular weight excluding hydrogens is 391 g/mol. The monoisotopic (exact) mass is 416 g/mol. The largest absolute Gasteiger partial charge is 0.452 e. The smallest absolute Gasteiger partial charge is 0.341 e. The molecule has 156 valence electrons. The van der Waals surface area contributed by atoms with Crippen molar-refractivity contribution in [1.82, 2.24) is 9.62 Å². The molecule has 0 aliphatic carbocycles. The summed E-state index contributed by atoms with van der Waals surface area (Å²) in [5, 5.41) is 2.66. The summed E-state index contributed by atoms with van der Waals surface area (Å²) in [6.45, 7) is 4.10. The van der Waals surface area contributed by atoms with Gasteiger partial charge in [-0.15, -0.1) is 0 Å². The van der Waals surface area contributed by atoms with Crippen molar-refractivity contribution in [3.8, 4) is 0 Å². The van der Waals surface area contributed by atoms with Gasteiger partial charge in [-0.05, 0) is 31.5 Å². The average molecular weight is 416 g/mol. The number of carbonyl (C=O) groups is 2. The SMILES string of the molecule is CCC[C@H](C)NC(=O)COC(=O)c1cc(S(=O)(=O)N2CCOCC2)ccc1F. The van der Waals surface area contributed by atoms with Crippen LogP contribution in [0.1, 0.15) is 37.0 Å². The van der Waals surface area contributed by atoms with Crippen LogP contribution in [0.4, 0.5) is 4.39 Å². The molecule has 1 aliphatic heterocycles. The first-order valence-corrected chi connectivity index (χ1v) is 10.5. The van der Waals surface area contributed by atoms with Crippen molar-refractivity contribution in [2.24, 2.45) is 0 Å². The average Bonchev–Trinajstić information content (AvgIpc) is 2.67. The minimum Gasteiger partial charge on any atom is -0.452 e. The molecule has 1 atom stereocenters. The summed E-state index contributed by atoms with van der Waals surface area (Å²) in [7, 11) is -3.89. The summed E-state index contributed by atoms with van der Waals surface area (Å²) in [5.74, 6) is -2.53. The van der Waals surface area contributed by atoms with Crippen LogP contribution in [-0.2, 0) is 24.3 Å². The molecule has 1 saturated heterocycles. The third-order valence-electron chi connectivity index (χ3n) is 4.23. The van der Waals surface area contributed by atoms with E-state index in [9.17, 15) is 22.4 Å². The fourth-order valence-corrected chi connectivity index (χ4v) is 4.22.